The Hall–Kier alpha value is -3.29. The van der Waals surface area contributed by atoms with Crippen molar-refractivity contribution in [2.45, 2.75) is 32.0 Å². The van der Waals surface area contributed by atoms with Crippen LogP contribution in [0.15, 0.2) is 48.5 Å². The van der Waals surface area contributed by atoms with Crippen molar-refractivity contribution in [2.24, 2.45) is 0 Å². The Bertz CT molecular complexity index is 921. The van der Waals surface area contributed by atoms with E-state index in [4.69, 9.17) is 9.47 Å². The number of esters is 3. The van der Waals surface area contributed by atoms with E-state index in [1.165, 1.54) is 24.3 Å². The van der Waals surface area contributed by atoms with Crippen LogP contribution in [0.25, 0.3) is 0 Å². The second kappa shape index (κ2) is 7.98. The lowest BCUT2D eigenvalue weighted by Gasteiger charge is -2.20. The number of aryl methyl sites for hydroxylation is 2. The Morgan fingerprint density at radius 3 is 1.93 bits per heavy atom. The number of cyclic esters (lactones) is 1. The molecule has 0 N–H and O–H groups in total. The third-order valence-electron chi connectivity index (χ3n) is 4.41. The summed E-state index contributed by atoms with van der Waals surface area (Å²) in [4.78, 5) is 35.8. The Morgan fingerprint density at radius 1 is 0.931 bits per heavy atom. The van der Waals surface area contributed by atoms with Crippen LogP contribution in [-0.2, 0) is 19.0 Å². The fourth-order valence-corrected chi connectivity index (χ4v) is 2.70. The van der Waals surface area contributed by atoms with Crippen LogP contribution in [0.2, 0.25) is 0 Å². The smallest absolute Gasteiger partial charge is 0.382 e. The SMILES string of the molecule is Cc1ccc(C(=O)OC[C@@H]2OC(=O)C(F)(F)[C@H]2OC(=O)c2ccc(C)cc2)cc1. The molecular formula is C21H18F2O6. The second-order valence-electron chi connectivity index (χ2n) is 6.72. The Balaban J connectivity index is 1.70. The van der Waals surface area contributed by atoms with E-state index in [-0.39, 0.29) is 11.1 Å². The Kier molecular flexibility index (Phi) is 5.63. The fourth-order valence-electron chi connectivity index (χ4n) is 2.70. The summed E-state index contributed by atoms with van der Waals surface area (Å²) in [6.07, 6.45) is -3.84. The summed E-state index contributed by atoms with van der Waals surface area (Å²) in [5, 5.41) is 0. The standard InChI is InChI=1S/C21H18F2O6/c1-12-3-7-14(8-4-12)18(24)27-11-16-17(21(22,23)20(26)28-16)29-19(25)15-9-5-13(2)6-10-15/h3-10,16-17H,11H2,1-2H3/t16-,17-/m0/s1. The number of rotatable bonds is 5. The molecule has 0 radical (unpaired) electrons. The van der Waals surface area contributed by atoms with E-state index in [9.17, 15) is 23.2 Å². The van der Waals surface area contributed by atoms with Crippen molar-refractivity contribution >= 4 is 17.9 Å². The van der Waals surface area contributed by atoms with Gasteiger partial charge in [-0.2, -0.15) is 8.78 Å². The molecule has 2 aromatic carbocycles. The number of benzene rings is 2. The van der Waals surface area contributed by atoms with Crippen LogP contribution in [0.1, 0.15) is 31.8 Å². The predicted molar refractivity (Wildman–Crippen MR) is 96.7 cm³/mol. The van der Waals surface area contributed by atoms with E-state index in [0.29, 0.717) is 0 Å². The van der Waals surface area contributed by atoms with Crippen molar-refractivity contribution in [1.82, 2.24) is 0 Å². The number of halogens is 2. The Labute approximate surface area is 165 Å². The van der Waals surface area contributed by atoms with Crippen molar-refractivity contribution < 1.29 is 37.4 Å². The topological polar surface area (TPSA) is 78.9 Å². The van der Waals surface area contributed by atoms with Gasteiger partial charge in [0.25, 0.3) is 0 Å². The minimum Gasteiger partial charge on any atom is -0.458 e. The van der Waals surface area contributed by atoms with Crippen LogP contribution in [0.3, 0.4) is 0 Å². The van der Waals surface area contributed by atoms with Gasteiger partial charge >= 0.3 is 23.8 Å². The van der Waals surface area contributed by atoms with Crippen LogP contribution in [0.5, 0.6) is 0 Å². The van der Waals surface area contributed by atoms with Gasteiger partial charge in [-0.1, -0.05) is 35.4 Å². The number of hydrogen-bond donors (Lipinski definition) is 0. The lowest BCUT2D eigenvalue weighted by atomic mass is 10.1. The van der Waals surface area contributed by atoms with Crippen LogP contribution in [0, 0.1) is 13.8 Å². The monoisotopic (exact) mass is 404 g/mol. The highest BCUT2D eigenvalue weighted by atomic mass is 19.3. The van der Waals surface area contributed by atoms with Gasteiger partial charge in [-0.05, 0) is 38.1 Å². The van der Waals surface area contributed by atoms with E-state index in [2.05, 4.69) is 4.74 Å². The minimum atomic E-state index is -4.05. The van der Waals surface area contributed by atoms with E-state index in [1.54, 1.807) is 31.2 Å². The highest BCUT2D eigenvalue weighted by Crippen LogP contribution is 2.35. The third kappa shape index (κ3) is 4.42. The maximum Gasteiger partial charge on any atom is 0.382 e. The van der Waals surface area contributed by atoms with Gasteiger partial charge in [0, 0.05) is 0 Å². The van der Waals surface area contributed by atoms with E-state index >= 15 is 0 Å². The molecule has 1 fully saturated rings. The van der Waals surface area contributed by atoms with Crippen LogP contribution < -0.4 is 0 Å². The highest BCUT2D eigenvalue weighted by molar-refractivity contribution is 5.91. The average molecular weight is 404 g/mol. The number of hydrogen-bond acceptors (Lipinski definition) is 6. The number of carbonyl (C=O) groups is 3. The van der Waals surface area contributed by atoms with Gasteiger partial charge in [0.2, 0.25) is 6.10 Å². The van der Waals surface area contributed by atoms with Crippen molar-refractivity contribution in [3.8, 4) is 0 Å². The summed E-state index contributed by atoms with van der Waals surface area (Å²) < 4.78 is 42.8. The maximum atomic E-state index is 14.2. The van der Waals surface area contributed by atoms with Gasteiger partial charge in [0.1, 0.15) is 6.61 Å². The zero-order chi connectivity index (χ0) is 21.2. The van der Waals surface area contributed by atoms with E-state index in [1.807, 2.05) is 6.92 Å². The molecule has 1 saturated heterocycles. The normalized spacial score (nSPS) is 20.1. The Morgan fingerprint density at radius 2 is 1.41 bits per heavy atom. The minimum absolute atomic E-state index is 0.0427. The maximum absolute atomic E-state index is 14.2. The lowest BCUT2D eigenvalue weighted by molar-refractivity contribution is -0.163. The first kappa shape index (κ1) is 20.4. The molecular weight excluding hydrogens is 386 g/mol. The summed E-state index contributed by atoms with van der Waals surface area (Å²) in [5.74, 6) is -7.71. The van der Waals surface area contributed by atoms with Crippen LogP contribution >= 0.6 is 0 Å². The van der Waals surface area contributed by atoms with Crippen molar-refractivity contribution in [3.63, 3.8) is 0 Å². The fraction of sp³-hybridized carbons (Fsp3) is 0.286. The van der Waals surface area contributed by atoms with Crippen molar-refractivity contribution in [3.05, 3.63) is 70.8 Å². The molecule has 8 heteroatoms. The molecule has 0 bridgehead atoms. The van der Waals surface area contributed by atoms with Crippen molar-refractivity contribution in [2.75, 3.05) is 6.61 Å². The summed E-state index contributed by atoms with van der Waals surface area (Å²) in [5.41, 5.74) is 2.04. The molecule has 1 aliphatic heterocycles. The molecule has 0 aromatic heterocycles. The summed E-state index contributed by atoms with van der Waals surface area (Å²) >= 11 is 0. The molecule has 0 aliphatic carbocycles. The summed E-state index contributed by atoms with van der Waals surface area (Å²) in [6.45, 7) is 2.95. The van der Waals surface area contributed by atoms with Crippen LogP contribution in [0.4, 0.5) is 8.78 Å². The first-order valence-corrected chi connectivity index (χ1v) is 8.79. The summed E-state index contributed by atoms with van der Waals surface area (Å²) in [7, 11) is 0. The largest absolute Gasteiger partial charge is 0.458 e. The number of ether oxygens (including phenoxy) is 3. The number of carbonyl (C=O) groups excluding carboxylic acids is 3. The highest BCUT2D eigenvalue weighted by Gasteiger charge is 2.63. The van der Waals surface area contributed by atoms with Gasteiger partial charge in [0.05, 0.1) is 11.1 Å². The molecule has 1 aliphatic rings. The van der Waals surface area contributed by atoms with E-state index < -0.39 is 42.6 Å². The molecule has 2 atom stereocenters. The second-order valence-corrected chi connectivity index (χ2v) is 6.72. The van der Waals surface area contributed by atoms with Gasteiger partial charge in [-0.15, -0.1) is 0 Å². The molecule has 0 amide bonds. The average Bonchev–Trinajstić information content (AvgIpc) is 2.90. The predicted octanol–water partition coefficient (Wildman–Crippen LogP) is 3.25. The lowest BCUT2D eigenvalue weighted by Crippen LogP contribution is -2.43. The molecule has 3 rings (SSSR count). The zero-order valence-electron chi connectivity index (χ0n) is 15.7. The quantitative estimate of drug-likeness (QED) is 0.562. The molecule has 152 valence electrons. The molecule has 2 aromatic rings. The molecule has 0 unspecified atom stereocenters. The zero-order valence-corrected chi connectivity index (χ0v) is 15.7. The van der Waals surface area contributed by atoms with Crippen molar-refractivity contribution in [1.29, 1.82) is 0 Å². The first-order valence-electron chi connectivity index (χ1n) is 8.79. The van der Waals surface area contributed by atoms with Gasteiger partial charge < -0.3 is 14.2 Å². The number of alkyl halides is 2. The molecule has 0 spiro atoms. The van der Waals surface area contributed by atoms with Gasteiger partial charge in [-0.25, -0.2) is 14.4 Å². The molecule has 29 heavy (non-hydrogen) atoms. The summed E-state index contributed by atoms with van der Waals surface area (Å²) in [6, 6.07) is 12.5. The molecule has 0 saturated carbocycles. The van der Waals surface area contributed by atoms with E-state index in [0.717, 1.165) is 11.1 Å². The van der Waals surface area contributed by atoms with Crippen LogP contribution in [-0.4, -0.2) is 42.6 Å². The third-order valence-corrected chi connectivity index (χ3v) is 4.41. The first-order chi connectivity index (χ1) is 13.7. The van der Waals surface area contributed by atoms with Gasteiger partial charge in [0.15, 0.2) is 6.10 Å². The molecule has 1 heterocycles. The molecule has 6 nitrogen and oxygen atoms in total. The van der Waals surface area contributed by atoms with Gasteiger partial charge in [-0.3, -0.25) is 0 Å².